The summed E-state index contributed by atoms with van der Waals surface area (Å²) in [6.45, 7) is 1.95. The van der Waals surface area contributed by atoms with Gasteiger partial charge in [0, 0.05) is 5.56 Å². The zero-order chi connectivity index (χ0) is 18.8. The summed E-state index contributed by atoms with van der Waals surface area (Å²) in [4.78, 5) is 12.8. The normalized spacial score (nSPS) is 29.3. The van der Waals surface area contributed by atoms with Crippen molar-refractivity contribution in [2.24, 2.45) is 0 Å². The van der Waals surface area contributed by atoms with Gasteiger partial charge in [-0.2, -0.15) is 34.2 Å². The molecule has 0 spiro atoms. The number of thiol groups is 1. The number of carbonyl (C=O) groups is 1. The highest BCUT2D eigenvalue weighted by Crippen LogP contribution is 2.53. The first-order valence-electron chi connectivity index (χ1n) is 7.41. The Hall–Kier alpha value is -0.930. The number of hydrogen-bond donors (Lipinski definition) is 1. The molecule has 25 heavy (non-hydrogen) atoms. The summed E-state index contributed by atoms with van der Waals surface area (Å²) in [6, 6.07) is 2.32. The van der Waals surface area contributed by atoms with Crippen molar-refractivity contribution in [2.75, 3.05) is 0 Å². The molecule has 0 aliphatic heterocycles. The van der Waals surface area contributed by atoms with Gasteiger partial charge in [-0.25, -0.2) is 0 Å². The first-order valence-corrected chi connectivity index (χ1v) is 9.64. The van der Waals surface area contributed by atoms with Crippen LogP contribution in [0.2, 0.25) is 5.02 Å². The fourth-order valence-electron chi connectivity index (χ4n) is 3.43. The van der Waals surface area contributed by atoms with E-state index in [9.17, 15) is 26.4 Å². The Labute approximate surface area is 153 Å². The lowest BCUT2D eigenvalue weighted by Crippen LogP contribution is -2.36. The van der Waals surface area contributed by atoms with Crippen LogP contribution in [0.5, 0.6) is 5.75 Å². The highest BCUT2D eigenvalue weighted by Gasteiger charge is 2.51. The van der Waals surface area contributed by atoms with Crippen LogP contribution in [0, 0.1) is 0 Å². The Morgan fingerprint density at radius 1 is 1.20 bits per heavy atom. The molecular formula is C15H14ClF3O4S2. The smallest absolute Gasteiger partial charge is 0.374 e. The van der Waals surface area contributed by atoms with E-state index < -0.39 is 26.1 Å². The van der Waals surface area contributed by atoms with Gasteiger partial charge < -0.3 is 4.18 Å². The Balaban J connectivity index is 2.15. The van der Waals surface area contributed by atoms with E-state index >= 15 is 0 Å². The summed E-state index contributed by atoms with van der Waals surface area (Å²) in [6.07, 6.45) is 2.39. The van der Waals surface area contributed by atoms with Crippen molar-refractivity contribution in [2.45, 2.75) is 48.3 Å². The highest BCUT2D eigenvalue weighted by atomic mass is 35.5. The molecule has 4 nitrogen and oxygen atoms in total. The molecule has 1 aromatic carbocycles. The average molecular weight is 415 g/mol. The largest absolute Gasteiger partial charge is 0.534 e. The van der Waals surface area contributed by atoms with Crippen LogP contribution in [0.4, 0.5) is 13.2 Å². The van der Waals surface area contributed by atoms with Gasteiger partial charge in [-0.15, -0.1) is 0 Å². The van der Waals surface area contributed by atoms with Crippen molar-refractivity contribution in [1.82, 2.24) is 0 Å². The van der Waals surface area contributed by atoms with E-state index in [4.69, 9.17) is 11.6 Å². The Morgan fingerprint density at radius 2 is 1.76 bits per heavy atom. The first-order chi connectivity index (χ1) is 11.3. The molecule has 0 amide bonds. The molecule has 3 aliphatic rings. The summed E-state index contributed by atoms with van der Waals surface area (Å²) in [7, 11) is -5.88. The molecule has 3 aliphatic carbocycles. The molecule has 1 fully saturated rings. The molecule has 4 rings (SSSR count). The average Bonchev–Trinajstić information content (AvgIpc) is 2.61. The number of ketones is 1. The van der Waals surface area contributed by atoms with Gasteiger partial charge in [-0.3, -0.25) is 4.79 Å². The quantitative estimate of drug-likeness (QED) is 0.446. The lowest BCUT2D eigenvalue weighted by molar-refractivity contribution is -0.0500. The maximum atomic E-state index is 12.8. The third kappa shape index (κ3) is 2.94. The van der Waals surface area contributed by atoms with E-state index in [1.165, 1.54) is 6.07 Å². The van der Waals surface area contributed by atoms with Crippen molar-refractivity contribution in [3.63, 3.8) is 0 Å². The van der Waals surface area contributed by atoms with Crippen molar-refractivity contribution in [3.05, 3.63) is 28.3 Å². The third-order valence-corrected chi connectivity index (χ3v) is 6.96. The van der Waals surface area contributed by atoms with Gasteiger partial charge >= 0.3 is 15.6 Å². The second-order valence-corrected chi connectivity index (χ2v) is 9.53. The van der Waals surface area contributed by atoms with Crippen LogP contribution in [0.1, 0.15) is 48.5 Å². The van der Waals surface area contributed by atoms with Crippen LogP contribution in [-0.4, -0.2) is 24.5 Å². The minimum atomic E-state index is -5.88. The minimum absolute atomic E-state index is 0.115. The topological polar surface area (TPSA) is 60.4 Å². The molecular weight excluding hydrogens is 401 g/mol. The zero-order valence-corrected chi connectivity index (χ0v) is 15.5. The standard InChI is InChI=1S/C15H14ClF3O4S2/c1-13-2-4-14(24,5-3-13)12(20)8-6-11(10(16)7-9(8)13)23-25(21,22)15(17,18)19/h6-7,24H,2-5H2,1H3. The van der Waals surface area contributed by atoms with Gasteiger partial charge in [0.05, 0.1) is 9.77 Å². The van der Waals surface area contributed by atoms with Crippen LogP contribution in [0.3, 0.4) is 0 Å². The van der Waals surface area contributed by atoms with Gasteiger partial charge in [0.25, 0.3) is 0 Å². The van der Waals surface area contributed by atoms with E-state index in [1.807, 2.05) is 6.92 Å². The molecule has 2 bridgehead atoms. The summed E-state index contributed by atoms with van der Waals surface area (Å²) in [5.74, 6) is -1.06. The number of benzene rings is 1. The summed E-state index contributed by atoms with van der Waals surface area (Å²) >= 11 is 10.4. The van der Waals surface area contributed by atoms with Gasteiger partial charge in [-0.05, 0) is 48.8 Å². The Morgan fingerprint density at radius 3 is 2.28 bits per heavy atom. The molecule has 0 atom stereocenters. The maximum absolute atomic E-state index is 12.8. The fourth-order valence-corrected chi connectivity index (χ4v) is 4.49. The van der Waals surface area contributed by atoms with Crippen LogP contribution in [-0.2, 0) is 15.5 Å². The number of rotatable bonds is 2. The number of carbonyl (C=O) groups excluding carboxylic acids is 1. The van der Waals surface area contributed by atoms with Gasteiger partial charge in [0.2, 0.25) is 0 Å². The Kier molecular flexibility index (Phi) is 4.17. The molecule has 1 saturated carbocycles. The van der Waals surface area contributed by atoms with Crippen molar-refractivity contribution >= 4 is 40.1 Å². The number of halogens is 4. The third-order valence-electron chi connectivity index (χ3n) is 5.05. The summed E-state index contributed by atoms with van der Waals surface area (Å²) in [5.41, 5.74) is -5.27. The molecule has 0 aromatic heterocycles. The maximum Gasteiger partial charge on any atom is 0.534 e. The number of alkyl halides is 3. The van der Waals surface area contributed by atoms with Crippen LogP contribution < -0.4 is 4.18 Å². The van der Waals surface area contributed by atoms with E-state index in [2.05, 4.69) is 16.8 Å². The van der Waals surface area contributed by atoms with Crippen LogP contribution in [0.25, 0.3) is 0 Å². The van der Waals surface area contributed by atoms with E-state index in [-0.39, 0.29) is 21.8 Å². The number of Topliss-reactive ketones (excluding diaryl/α,β-unsaturated/α-hetero) is 1. The predicted octanol–water partition coefficient (Wildman–Crippen LogP) is 4.27. The van der Waals surface area contributed by atoms with Gasteiger partial charge in [0.15, 0.2) is 11.5 Å². The molecule has 10 heteroatoms. The summed E-state index contributed by atoms with van der Waals surface area (Å²) < 4.78 is 63.4. The first kappa shape index (κ1) is 18.8. The molecule has 0 heterocycles. The van der Waals surface area contributed by atoms with Gasteiger partial charge in [-0.1, -0.05) is 18.5 Å². The Bertz CT molecular complexity index is 856. The van der Waals surface area contributed by atoms with Crippen molar-refractivity contribution in [3.8, 4) is 5.75 Å². The second kappa shape index (κ2) is 5.53. The second-order valence-electron chi connectivity index (χ2n) is 6.73. The van der Waals surface area contributed by atoms with Crippen molar-refractivity contribution in [1.29, 1.82) is 0 Å². The molecule has 1 aromatic rings. The zero-order valence-electron chi connectivity index (χ0n) is 13.0. The fraction of sp³-hybridized carbons (Fsp3) is 0.533. The van der Waals surface area contributed by atoms with E-state index in [1.54, 1.807) is 0 Å². The van der Waals surface area contributed by atoms with Gasteiger partial charge in [0.1, 0.15) is 0 Å². The van der Waals surface area contributed by atoms with Crippen LogP contribution >= 0.6 is 24.2 Å². The SMILES string of the molecule is CC12CCC(S)(CC1)C(=O)c1cc(OS(=O)(=O)C(F)(F)F)c(Cl)cc12. The molecule has 0 N–H and O–H groups in total. The van der Waals surface area contributed by atoms with Crippen LogP contribution in [0.15, 0.2) is 12.1 Å². The lowest BCUT2D eigenvalue weighted by atomic mass is 9.70. The molecule has 138 valence electrons. The van der Waals surface area contributed by atoms with E-state index in [0.717, 1.165) is 6.07 Å². The molecule has 0 radical (unpaired) electrons. The monoisotopic (exact) mass is 414 g/mol. The lowest BCUT2D eigenvalue weighted by Gasteiger charge is -2.37. The summed E-state index contributed by atoms with van der Waals surface area (Å²) in [5, 5.41) is -0.292. The molecule has 0 unspecified atom stereocenters. The van der Waals surface area contributed by atoms with E-state index in [0.29, 0.717) is 31.2 Å². The predicted molar refractivity (Wildman–Crippen MR) is 88.9 cm³/mol. The number of fused-ring (bicyclic) bond motifs is 2. The molecule has 0 saturated heterocycles. The highest BCUT2D eigenvalue weighted by molar-refractivity contribution is 7.88. The number of hydrogen-bond acceptors (Lipinski definition) is 5. The van der Waals surface area contributed by atoms with Crippen molar-refractivity contribution < 1.29 is 30.6 Å². The minimum Gasteiger partial charge on any atom is -0.374 e.